The average Bonchev–Trinajstić information content (AvgIpc) is 2.33. The van der Waals surface area contributed by atoms with Gasteiger partial charge in [0.1, 0.15) is 0 Å². The maximum absolute atomic E-state index is 11.7. The predicted molar refractivity (Wildman–Crippen MR) is 54.8 cm³/mol. The van der Waals surface area contributed by atoms with Gasteiger partial charge in [-0.1, -0.05) is 0 Å². The van der Waals surface area contributed by atoms with E-state index in [1.54, 1.807) is 0 Å². The van der Waals surface area contributed by atoms with Crippen molar-refractivity contribution in [2.75, 3.05) is 6.54 Å². The minimum Gasteiger partial charge on any atom is -0.305 e. The summed E-state index contributed by atoms with van der Waals surface area (Å²) in [7, 11) is 0. The zero-order valence-electron chi connectivity index (χ0n) is 6.49. The van der Waals surface area contributed by atoms with Gasteiger partial charge in [-0.2, -0.15) is 13.2 Å². The molecule has 0 aliphatic heterocycles. The quantitative estimate of drug-likeness (QED) is 0.844. The second-order valence-corrected chi connectivity index (χ2v) is 5.28. The van der Waals surface area contributed by atoms with Gasteiger partial charge in [-0.05, 0) is 39.6 Å². The van der Waals surface area contributed by atoms with Gasteiger partial charge in [0.05, 0.1) is 9.43 Å². The average molecular weight is 321 g/mol. The Kier molecular flexibility index (Phi) is 3.99. The summed E-state index contributed by atoms with van der Waals surface area (Å²) in [6, 6.07) is 1.87. The van der Waals surface area contributed by atoms with Crippen molar-refractivity contribution in [3.63, 3.8) is 0 Å². The van der Waals surface area contributed by atoms with Crippen molar-refractivity contribution in [3.05, 3.63) is 19.9 Å². The molecule has 6 heteroatoms. The molecule has 1 nitrogen and oxygen atoms in total. The number of nitrogens with one attached hydrogen (secondary N) is 1. The number of alkyl halides is 3. The smallest absolute Gasteiger partial charge is 0.305 e. The van der Waals surface area contributed by atoms with Crippen LogP contribution in [-0.2, 0) is 6.54 Å². The standard InChI is InChI=1S/C7H7F3INS/c8-7(9,10)4-12-2-5-1-6(11)13-3-5/h1,3,12H,2,4H2. The third kappa shape index (κ3) is 4.82. The molecule has 0 aliphatic carbocycles. The highest BCUT2D eigenvalue weighted by Gasteiger charge is 2.25. The molecule has 13 heavy (non-hydrogen) atoms. The van der Waals surface area contributed by atoms with E-state index in [2.05, 4.69) is 27.9 Å². The van der Waals surface area contributed by atoms with E-state index in [0.717, 1.165) is 8.45 Å². The summed E-state index contributed by atoms with van der Waals surface area (Å²) in [6.45, 7) is -0.654. The van der Waals surface area contributed by atoms with Gasteiger partial charge < -0.3 is 5.32 Å². The summed E-state index contributed by atoms with van der Waals surface area (Å²) >= 11 is 3.66. The van der Waals surface area contributed by atoms with Crippen LogP contribution in [0.5, 0.6) is 0 Å². The molecule has 0 saturated heterocycles. The van der Waals surface area contributed by atoms with Crippen LogP contribution in [0.1, 0.15) is 5.56 Å². The van der Waals surface area contributed by atoms with Crippen molar-refractivity contribution >= 4 is 33.9 Å². The van der Waals surface area contributed by atoms with Crippen LogP contribution in [0.15, 0.2) is 11.4 Å². The van der Waals surface area contributed by atoms with Crippen LogP contribution >= 0.6 is 33.9 Å². The lowest BCUT2D eigenvalue weighted by molar-refractivity contribution is -0.125. The molecular formula is C7H7F3INS. The molecule has 0 saturated carbocycles. The fourth-order valence-corrected chi connectivity index (χ4v) is 2.20. The highest BCUT2D eigenvalue weighted by Crippen LogP contribution is 2.17. The maximum atomic E-state index is 11.7. The van der Waals surface area contributed by atoms with Crippen molar-refractivity contribution in [3.8, 4) is 0 Å². The molecule has 1 aromatic rings. The molecule has 0 unspecified atom stereocenters. The summed E-state index contributed by atoms with van der Waals surface area (Å²) in [5, 5.41) is 4.19. The zero-order chi connectivity index (χ0) is 9.90. The van der Waals surface area contributed by atoms with E-state index in [1.165, 1.54) is 11.3 Å². The van der Waals surface area contributed by atoms with Crippen molar-refractivity contribution in [2.45, 2.75) is 12.7 Å². The number of hydrogen-bond acceptors (Lipinski definition) is 2. The van der Waals surface area contributed by atoms with E-state index in [9.17, 15) is 13.2 Å². The van der Waals surface area contributed by atoms with Crippen LogP contribution in [0.3, 0.4) is 0 Å². The highest BCUT2D eigenvalue weighted by molar-refractivity contribution is 14.1. The van der Waals surface area contributed by atoms with Crippen LogP contribution in [0.4, 0.5) is 13.2 Å². The van der Waals surface area contributed by atoms with Crippen LogP contribution in [0, 0.1) is 2.88 Å². The first-order chi connectivity index (χ1) is 5.97. The molecule has 1 rings (SSSR count). The maximum Gasteiger partial charge on any atom is 0.401 e. The van der Waals surface area contributed by atoms with Gasteiger partial charge in [0.15, 0.2) is 0 Å². The Labute approximate surface area is 91.5 Å². The van der Waals surface area contributed by atoms with E-state index >= 15 is 0 Å². The first-order valence-corrected chi connectivity index (χ1v) is 5.43. The first kappa shape index (κ1) is 11.3. The van der Waals surface area contributed by atoms with Gasteiger partial charge in [0.25, 0.3) is 0 Å². The minimum atomic E-state index is -4.12. The summed E-state index contributed by atoms with van der Waals surface area (Å²) < 4.78 is 36.2. The van der Waals surface area contributed by atoms with Gasteiger partial charge >= 0.3 is 6.18 Å². The first-order valence-electron chi connectivity index (χ1n) is 3.48. The lowest BCUT2D eigenvalue weighted by Gasteiger charge is -2.06. The molecule has 0 bridgehead atoms. The van der Waals surface area contributed by atoms with Gasteiger partial charge in [-0.3, -0.25) is 0 Å². The van der Waals surface area contributed by atoms with Gasteiger partial charge in [0, 0.05) is 6.54 Å². The zero-order valence-corrected chi connectivity index (χ0v) is 9.46. The van der Waals surface area contributed by atoms with Crippen LogP contribution in [0.2, 0.25) is 0 Å². The van der Waals surface area contributed by atoms with Crippen LogP contribution in [-0.4, -0.2) is 12.7 Å². The number of thiophene rings is 1. The van der Waals surface area contributed by atoms with Crippen LogP contribution < -0.4 is 5.32 Å². The Morgan fingerprint density at radius 1 is 1.46 bits per heavy atom. The third-order valence-electron chi connectivity index (χ3n) is 1.28. The molecule has 0 radical (unpaired) electrons. The van der Waals surface area contributed by atoms with E-state index in [0.29, 0.717) is 0 Å². The molecule has 1 N–H and O–H groups in total. The number of halogens is 4. The second-order valence-electron chi connectivity index (χ2n) is 2.48. The monoisotopic (exact) mass is 321 g/mol. The molecule has 0 spiro atoms. The Balaban J connectivity index is 2.28. The molecule has 0 fully saturated rings. The van der Waals surface area contributed by atoms with E-state index in [-0.39, 0.29) is 6.54 Å². The molecule has 0 aromatic carbocycles. The topological polar surface area (TPSA) is 12.0 Å². The number of hydrogen-bond donors (Lipinski definition) is 1. The van der Waals surface area contributed by atoms with E-state index in [4.69, 9.17) is 0 Å². The van der Waals surface area contributed by atoms with Crippen molar-refractivity contribution in [1.82, 2.24) is 5.32 Å². The lowest BCUT2D eigenvalue weighted by Crippen LogP contribution is -2.28. The third-order valence-corrected chi connectivity index (χ3v) is 3.11. The Hall–Kier alpha value is 0.180. The van der Waals surface area contributed by atoms with Crippen molar-refractivity contribution < 1.29 is 13.2 Å². The summed E-state index contributed by atoms with van der Waals surface area (Å²) in [5.41, 5.74) is 0.902. The van der Waals surface area contributed by atoms with Gasteiger partial charge in [-0.15, -0.1) is 11.3 Å². The Morgan fingerprint density at radius 3 is 2.62 bits per heavy atom. The molecule has 0 aliphatic rings. The lowest BCUT2D eigenvalue weighted by atomic mass is 10.3. The summed E-state index contributed by atoms with van der Waals surface area (Å²) in [6.07, 6.45) is -4.12. The van der Waals surface area contributed by atoms with Gasteiger partial charge in [-0.25, -0.2) is 0 Å². The Bertz CT molecular complexity index is 271. The summed E-state index contributed by atoms with van der Waals surface area (Å²) in [5.74, 6) is 0. The molecule has 0 amide bonds. The fraction of sp³-hybridized carbons (Fsp3) is 0.429. The van der Waals surface area contributed by atoms with Crippen LogP contribution in [0.25, 0.3) is 0 Å². The van der Waals surface area contributed by atoms with Gasteiger partial charge in [0.2, 0.25) is 0 Å². The van der Waals surface area contributed by atoms with Crippen molar-refractivity contribution in [2.24, 2.45) is 0 Å². The minimum absolute atomic E-state index is 0.277. The largest absolute Gasteiger partial charge is 0.401 e. The highest BCUT2D eigenvalue weighted by atomic mass is 127. The molecule has 0 atom stereocenters. The second kappa shape index (κ2) is 4.61. The fourth-order valence-electron chi connectivity index (χ4n) is 0.787. The SMILES string of the molecule is FC(F)(F)CNCc1csc(I)c1. The predicted octanol–water partition coefficient (Wildman–Crippen LogP) is 3.00. The number of rotatable bonds is 3. The molecular weight excluding hydrogens is 314 g/mol. The molecule has 1 aromatic heterocycles. The molecule has 1 heterocycles. The summed E-state index contributed by atoms with van der Waals surface area (Å²) in [4.78, 5) is 0. The van der Waals surface area contributed by atoms with E-state index < -0.39 is 12.7 Å². The van der Waals surface area contributed by atoms with Crippen molar-refractivity contribution in [1.29, 1.82) is 0 Å². The Morgan fingerprint density at radius 2 is 2.15 bits per heavy atom. The normalized spacial score (nSPS) is 12.0. The van der Waals surface area contributed by atoms with E-state index in [1.807, 2.05) is 11.4 Å². The molecule has 74 valence electrons.